The molecule has 5 aromatic rings. The molecular formula is C22H16N2O5S. The third-order valence-corrected chi connectivity index (χ3v) is 6.47. The van der Waals surface area contributed by atoms with Crippen LogP contribution in [0.25, 0.3) is 43.6 Å². The van der Waals surface area contributed by atoms with Gasteiger partial charge in [0.25, 0.3) is 10.1 Å². The van der Waals surface area contributed by atoms with Crippen LogP contribution in [0, 0.1) is 13.8 Å². The van der Waals surface area contributed by atoms with E-state index in [-0.39, 0.29) is 26.7 Å². The van der Waals surface area contributed by atoms with Gasteiger partial charge in [-0.2, -0.15) is 8.42 Å². The fourth-order valence-electron chi connectivity index (χ4n) is 4.11. The first-order valence-electron chi connectivity index (χ1n) is 9.19. The Hall–Kier alpha value is -3.49. The molecule has 150 valence electrons. The van der Waals surface area contributed by atoms with Gasteiger partial charge in [-0.25, -0.2) is 0 Å². The van der Waals surface area contributed by atoms with E-state index in [1.807, 2.05) is 19.1 Å². The zero-order chi connectivity index (χ0) is 21.4. The van der Waals surface area contributed by atoms with Crippen molar-refractivity contribution >= 4 is 53.7 Å². The van der Waals surface area contributed by atoms with Crippen LogP contribution in [-0.4, -0.2) is 22.9 Å². The molecule has 3 aromatic carbocycles. The van der Waals surface area contributed by atoms with Crippen LogP contribution in [0.2, 0.25) is 0 Å². The fraction of sp³-hybridized carbons (Fsp3) is 0.0909. The van der Waals surface area contributed by atoms with Crippen LogP contribution >= 0.6 is 0 Å². The minimum atomic E-state index is -4.42. The molecule has 0 aliphatic heterocycles. The van der Waals surface area contributed by atoms with Gasteiger partial charge in [0, 0.05) is 16.2 Å². The van der Waals surface area contributed by atoms with E-state index in [1.54, 1.807) is 19.1 Å². The third-order valence-electron chi connectivity index (χ3n) is 5.62. The van der Waals surface area contributed by atoms with Crippen molar-refractivity contribution in [3.05, 3.63) is 74.0 Å². The Morgan fingerprint density at radius 2 is 1.53 bits per heavy atom. The molecule has 0 atom stereocenters. The maximum atomic E-state index is 13.2. The predicted octanol–water partition coefficient (Wildman–Crippen LogP) is 3.54. The Kier molecular flexibility index (Phi) is 3.71. The first-order valence-corrected chi connectivity index (χ1v) is 10.6. The molecule has 0 saturated carbocycles. The topological polar surface area (TPSA) is 120 Å². The Balaban J connectivity index is 2.01. The molecular weight excluding hydrogens is 404 g/mol. The van der Waals surface area contributed by atoms with Crippen molar-refractivity contribution in [3.63, 3.8) is 0 Å². The lowest BCUT2D eigenvalue weighted by molar-refractivity contribution is 0.483. The minimum absolute atomic E-state index is 0.144. The number of aromatic nitrogens is 2. The molecule has 7 nitrogen and oxygen atoms in total. The van der Waals surface area contributed by atoms with E-state index in [4.69, 9.17) is 0 Å². The van der Waals surface area contributed by atoms with Crippen molar-refractivity contribution in [2.75, 3.05) is 0 Å². The summed E-state index contributed by atoms with van der Waals surface area (Å²) in [6.45, 7) is 3.65. The predicted molar refractivity (Wildman–Crippen MR) is 117 cm³/mol. The van der Waals surface area contributed by atoms with Crippen molar-refractivity contribution in [2.24, 2.45) is 0 Å². The average molecular weight is 420 g/mol. The van der Waals surface area contributed by atoms with Crippen molar-refractivity contribution < 1.29 is 13.0 Å². The van der Waals surface area contributed by atoms with Gasteiger partial charge in [-0.1, -0.05) is 12.1 Å². The smallest absolute Gasteiger partial charge is 0.294 e. The zero-order valence-corrected chi connectivity index (χ0v) is 16.8. The van der Waals surface area contributed by atoms with Crippen LogP contribution in [0.1, 0.15) is 11.1 Å². The molecule has 0 radical (unpaired) electrons. The highest BCUT2D eigenvalue weighted by Crippen LogP contribution is 2.27. The molecule has 2 heterocycles. The van der Waals surface area contributed by atoms with Gasteiger partial charge in [0.1, 0.15) is 0 Å². The summed E-state index contributed by atoms with van der Waals surface area (Å²) in [5.41, 5.74) is 3.07. The van der Waals surface area contributed by atoms with E-state index < -0.39 is 10.1 Å². The molecule has 0 aliphatic carbocycles. The first kappa shape index (κ1) is 18.5. The second-order valence-electron chi connectivity index (χ2n) is 7.43. The van der Waals surface area contributed by atoms with Crippen LogP contribution in [0.4, 0.5) is 0 Å². The molecule has 8 heteroatoms. The van der Waals surface area contributed by atoms with Gasteiger partial charge in [0.2, 0.25) is 0 Å². The molecule has 0 spiro atoms. The maximum absolute atomic E-state index is 13.2. The van der Waals surface area contributed by atoms with Crippen molar-refractivity contribution in [3.8, 4) is 0 Å². The van der Waals surface area contributed by atoms with E-state index in [0.717, 1.165) is 11.1 Å². The molecule has 0 bridgehead atoms. The van der Waals surface area contributed by atoms with E-state index in [9.17, 15) is 22.6 Å². The number of benzene rings is 3. The molecule has 0 saturated heterocycles. The summed E-state index contributed by atoms with van der Waals surface area (Å²) in [4.78, 5) is 32.4. The average Bonchev–Trinajstić information content (AvgIpc) is 2.69. The lowest BCUT2D eigenvalue weighted by Crippen LogP contribution is -2.11. The normalized spacial score (nSPS) is 12.4. The minimum Gasteiger partial charge on any atom is -0.354 e. The van der Waals surface area contributed by atoms with Crippen LogP contribution < -0.4 is 10.9 Å². The molecule has 5 rings (SSSR count). The summed E-state index contributed by atoms with van der Waals surface area (Å²) >= 11 is 0. The Morgan fingerprint density at radius 3 is 2.27 bits per heavy atom. The number of aryl methyl sites for hydroxylation is 2. The number of rotatable bonds is 1. The highest BCUT2D eigenvalue weighted by atomic mass is 32.2. The molecule has 0 fully saturated rings. The number of para-hydroxylation sites is 1. The van der Waals surface area contributed by atoms with E-state index in [1.165, 1.54) is 18.2 Å². The monoisotopic (exact) mass is 420 g/mol. The fourth-order valence-corrected chi connectivity index (χ4v) is 4.61. The number of pyridine rings is 2. The standard InChI is InChI=1S/C22H16N2O5S/c1-10-4-3-5-14-19(10)24-17-9-15-20(11(2)18(17)22(14)26)23-16-8-12(30(27,28)29)6-7-13(16)21(15)25/h3-9H,1-2H3,(H,23,25)(H,24,26)(H,27,28,29). The first-order chi connectivity index (χ1) is 14.2. The third kappa shape index (κ3) is 2.51. The summed E-state index contributed by atoms with van der Waals surface area (Å²) in [6, 6.07) is 10.9. The molecule has 0 aliphatic rings. The van der Waals surface area contributed by atoms with Crippen LogP contribution in [0.5, 0.6) is 0 Å². The Morgan fingerprint density at radius 1 is 0.800 bits per heavy atom. The van der Waals surface area contributed by atoms with Crippen molar-refractivity contribution in [1.82, 2.24) is 9.97 Å². The van der Waals surface area contributed by atoms with Gasteiger partial charge >= 0.3 is 0 Å². The summed E-state index contributed by atoms with van der Waals surface area (Å²) < 4.78 is 32.3. The Bertz CT molecular complexity index is 1780. The van der Waals surface area contributed by atoms with E-state index in [0.29, 0.717) is 32.8 Å². The van der Waals surface area contributed by atoms with Crippen molar-refractivity contribution in [2.45, 2.75) is 18.7 Å². The second-order valence-corrected chi connectivity index (χ2v) is 8.86. The van der Waals surface area contributed by atoms with Crippen LogP contribution in [0.3, 0.4) is 0 Å². The summed E-state index contributed by atoms with van der Waals surface area (Å²) in [5, 5.41) is 1.69. The summed E-state index contributed by atoms with van der Waals surface area (Å²) in [6.07, 6.45) is 0. The highest BCUT2D eigenvalue weighted by molar-refractivity contribution is 7.85. The second kappa shape index (κ2) is 6.01. The van der Waals surface area contributed by atoms with Gasteiger partial charge in [-0.05, 0) is 55.3 Å². The molecule has 3 N–H and O–H groups in total. The SMILES string of the molecule is Cc1cccc2c(=O)c3c(C)c4[nH]c5cc(S(=O)(=O)O)ccc5c(=O)c4cc3[nH]c12. The molecule has 0 amide bonds. The van der Waals surface area contributed by atoms with Crippen molar-refractivity contribution in [1.29, 1.82) is 0 Å². The van der Waals surface area contributed by atoms with E-state index >= 15 is 0 Å². The van der Waals surface area contributed by atoms with Gasteiger partial charge in [0.15, 0.2) is 10.9 Å². The highest BCUT2D eigenvalue weighted by Gasteiger charge is 2.17. The van der Waals surface area contributed by atoms with Gasteiger partial charge in [-0.15, -0.1) is 0 Å². The van der Waals surface area contributed by atoms with Gasteiger partial charge in [0.05, 0.1) is 32.3 Å². The van der Waals surface area contributed by atoms with Crippen LogP contribution in [0.15, 0.2) is 56.9 Å². The summed E-state index contributed by atoms with van der Waals surface area (Å²) in [7, 11) is -4.42. The van der Waals surface area contributed by atoms with Gasteiger partial charge < -0.3 is 9.97 Å². The number of hydrogen-bond donors (Lipinski definition) is 3. The molecule has 2 aromatic heterocycles. The lowest BCUT2D eigenvalue weighted by atomic mass is 10.00. The largest absolute Gasteiger partial charge is 0.354 e. The Labute approximate surface area is 169 Å². The van der Waals surface area contributed by atoms with Gasteiger partial charge in [-0.3, -0.25) is 14.1 Å². The number of H-pyrrole nitrogens is 2. The van der Waals surface area contributed by atoms with Crippen LogP contribution in [-0.2, 0) is 10.1 Å². The van der Waals surface area contributed by atoms with E-state index in [2.05, 4.69) is 9.97 Å². The number of nitrogens with one attached hydrogen (secondary N) is 2. The molecule has 30 heavy (non-hydrogen) atoms. The quantitative estimate of drug-likeness (QED) is 0.283. The number of hydrogen-bond acceptors (Lipinski definition) is 4. The molecule has 0 unspecified atom stereocenters. The number of fused-ring (bicyclic) bond motifs is 4. The number of aromatic amines is 2. The maximum Gasteiger partial charge on any atom is 0.294 e. The summed E-state index contributed by atoms with van der Waals surface area (Å²) in [5.74, 6) is 0. The zero-order valence-electron chi connectivity index (χ0n) is 16.0. The lowest BCUT2D eigenvalue weighted by Gasteiger charge is -2.11.